The summed E-state index contributed by atoms with van der Waals surface area (Å²) < 4.78 is 5.58. The zero-order valence-corrected chi connectivity index (χ0v) is 14.8. The van der Waals surface area contributed by atoms with Crippen molar-refractivity contribution in [1.29, 1.82) is 0 Å². The second-order valence-electron chi connectivity index (χ2n) is 5.69. The van der Waals surface area contributed by atoms with E-state index >= 15 is 0 Å². The first-order valence-electron chi connectivity index (χ1n) is 8.07. The Morgan fingerprint density at radius 2 is 2.12 bits per heavy atom. The van der Waals surface area contributed by atoms with E-state index in [0.29, 0.717) is 16.0 Å². The van der Waals surface area contributed by atoms with Gasteiger partial charge in [0.25, 0.3) is 0 Å². The van der Waals surface area contributed by atoms with Gasteiger partial charge in [0.1, 0.15) is 5.82 Å². The number of aromatic nitrogens is 2. The topological polar surface area (TPSA) is 59.1 Å². The Kier molecular flexibility index (Phi) is 6.12. The number of benzene rings is 1. The van der Waals surface area contributed by atoms with E-state index in [-0.39, 0.29) is 6.10 Å². The fourth-order valence-corrected chi connectivity index (χ4v) is 3.11. The van der Waals surface area contributed by atoms with Crippen molar-refractivity contribution in [2.45, 2.75) is 25.4 Å². The summed E-state index contributed by atoms with van der Waals surface area (Å²) >= 11 is 12.1. The van der Waals surface area contributed by atoms with Crippen molar-refractivity contribution in [2.75, 3.05) is 30.3 Å². The molecular formula is C17H20Cl2N4O. The number of rotatable bonds is 7. The lowest BCUT2D eigenvalue weighted by atomic mass is 10.1. The zero-order chi connectivity index (χ0) is 16.8. The van der Waals surface area contributed by atoms with E-state index in [9.17, 15) is 0 Å². The van der Waals surface area contributed by atoms with Gasteiger partial charge in [-0.2, -0.15) is 4.98 Å². The molecule has 1 aromatic carbocycles. The second-order valence-corrected chi connectivity index (χ2v) is 6.54. The summed E-state index contributed by atoms with van der Waals surface area (Å²) in [5.74, 6) is 1.39. The van der Waals surface area contributed by atoms with Gasteiger partial charge in [0.05, 0.1) is 6.10 Å². The Morgan fingerprint density at radius 1 is 1.21 bits per heavy atom. The van der Waals surface area contributed by atoms with E-state index in [1.54, 1.807) is 12.3 Å². The van der Waals surface area contributed by atoms with Crippen molar-refractivity contribution in [3.8, 4) is 0 Å². The molecule has 0 spiro atoms. The fraction of sp³-hybridized carbons (Fsp3) is 0.412. The number of hydrogen-bond acceptors (Lipinski definition) is 5. The predicted octanol–water partition coefficient (Wildman–Crippen LogP) is 4.03. The van der Waals surface area contributed by atoms with Gasteiger partial charge in [0, 0.05) is 35.9 Å². The number of ether oxygens (including phenoxy) is 1. The molecule has 2 heterocycles. The molecule has 5 nitrogen and oxygen atoms in total. The minimum atomic E-state index is 0.261. The van der Waals surface area contributed by atoms with E-state index in [1.165, 1.54) is 0 Å². The molecule has 0 radical (unpaired) electrons. The molecule has 1 saturated heterocycles. The molecular weight excluding hydrogens is 347 g/mol. The third-order valence-electron chi connectivity index (χ3n) is 3.88. The van der Waals surface area contributed by atoms with Gasteiger partial charge in [-0.1, -0.05) is 29.3 Å². The molecule has 128 valence electrons. The van der Waals surface area contributed by atoms with Crippen molar-refractivity contribution >= 4 is 35.0 Å². The van der Waals surface area contributed by atoms with Gasteiger partial charge in [-0.3, -0.25) is 0 Å². The third kappa shape index (κ3) is 4.97. The highest BCUT2D eigenvalue weighted by molar-refractivity contribution is 6.35. The molecule has 0 saturated carbocycles. The Morgan fingerprint density at radius 3 is 2.92 bits per heavy atom. The van der Waals surface area contributed by atoms with Crippen LogP contribution in [0.25, 0.3) is 0 Å². The normalized spacial score (nSPS) is 17.0. The highest BCUT2D eigenvalue weighted by atomic mass is 35.5. The minimum absolute atomic E-state index is 0.261. The molecule has 1 aliphatic rings. The summed E-state index contributed by atoms with van der Waals surface area (Å²) in [6.07, 6.45) is 5.01. The van der Waals surface area contributed by atoms with Crippen LogP contribution in [0.5, 0.6) is 0 Å². The molecule has 1 aromatic heterocycles. The van der Waals surface area contributed by atoms with Crippen LogP contribution in [-0.4, -0.2) is 35.8 Å². The monoisotopic (exact) mass is 366 g/mol. The Labute approximate surface area is 151 Å². The molecule has 1 unspecified atom stereocenters. The van der Waals surface area contributed by atoms with Crippen molar-refractivity contribution in [1.82, 2.24) is 9.97 Å². The van der Waals surface area contributed by atoms with Gasteiger partial charge in [-0.05, 0) is 43.0 Å². The van der Waals surface area contributed by atoms with E-state index in [1.807, 2.05) is 18.2 Å². The van der Waals surface area contributed by atoms with E-state index in [4.69, 9.17) is 27.9 Å². The lowest BCUT2D eigenvalue weighted by Gasteiger charge is -2.12. The van der Waals surface area contributed by atoms with Crippen molar-refractivity contribution < 1.29 is 4.74 Å². The highest BCUT2D eigenvalue weighted by Crippen LogP contribution is 2.21. The second kappa shape index (κ2) is 8.51. The van der Waals surface area contributed by atoms with Gasteiger partial charge in [-0.15, -0.1) is 0 Å². The molecule has 0 amide bonds. The minimum Gasteiger partial charge on any atom is -0.376 e. The molecule has 0 aliphatic carbocycles. The van der Waals surface area contributed by atoms with Gasteiger partial charge in [0.15, 0.2) is 0 Å². The SMILES string of the molecule is Clc1ccc(CCNc2ccnc(NCC3CCCO3)n2)c(Cl)c1. The number of hydrogen-bond donors (Lipinski definition) is 2. The smallest absolute Gasteiger partial charge is 0.224 e. The van der Waals surface area contributed by atoms with Crippen molar-refractivity contribution in [3.63, 3.8) is 0 Å². The number of anilines is 2. The maximum Gasteiger partial charge on any atom is 0.224 e. The third-order valence-corrected chi connectivity index (χ3v) is 4.47. The van der Waals surface area contributed by atoms with Crippen LogP contribution >= 0.6 is 23.2 Å². The highest BCUT2D eigenvalue weighted by Gasteiger charge is 2.15. The summed E-state index contributed by atoms with van der Waals surface area (Å²) in [6.45, 7) is 2.31. The molecule has 2 N–H and O–H groups in total. The Balaban J connectivity index is 1.48. The fourth-order valence-electron chi connectivity index (χ4n) is 2.60. The first-order chi connectivity index (χ1) is 11.7. The molecule has 1 atom stereocenters. The standard InChI is InChI=1S/C17H20Cl2N4O/c18-13-4-3-12(15(19)10-13)5-7-20-16-6-8-21-17(23-16)22-11-14-2-1-9-24-14/h3-4,6,8,10,14H,1-2,5,7,9,11H2,(H2,20,21,22,23). The Hall–Kier alpha value is -1.56. The van der Waals surface area contributed by atoms with E-state index < -0.39 is 0 Å². The molecule has 1 aliphatic heterocycles. The maximum absolute atomic E-state index is 6.18. The molecule has 0 bridgehead atoms. The van der Waals surface area contributed by atoms with Crippen LogP contribution in [-0.2, 0) is 11.2 Å². The van der Waals surface area contributed by atoms with Crippen LogP contribution in [0.15, 0.2) is 30.5 Å². The van der Waals surface area contributed by atoms with E-state index in [0.717, 1.165) is 50.3 Å². The lowest BCUT2D eigenvalue weighted by Crippen LogP contribution is -2.19. The van der Waals surface area contributed by atoms with Crippen molar-refractivity contribution in [3.05, 3.63) is 46.1 Å². The van der Waals surface area contributed by atoms with Crippen LogP contribution in [0.1, 0.15) is 18.4 Å². The number of halogens is 2. The first-order valence-corrected chi connectivity index (χ1v) is 8.82. The van der Waals surface area contributed by atoms with Crippen LogP contribution in [0.4, 0.5) is 11.8 Å². The maximum atomic E-state index is 6.18. The van der Waals surface area contributed by atoms with Crippen LogP contribution in [0.3, 0.4) is 0 Å². The average Bonchev–Trinajstić information content (AvgIpc) is 3.09. The van der Waals surface area contributed by atoms with Gasteiger partial charge >= 0.3 is 0 Å². The lowest BCUT2D eigenvalue weighted by molar-refractivity contribution is 0.120. The molecule has 3 rings (SSSR count). The van der Waals surface area contributed by atoms with Crippen LogP contribution < -0.4 is 10.6 Å². The number of nitrogens with zero attached hydrogens (tertiary/aromatic N) is 2. The van der Waals surface area contributed by atoms with Gasteiger partial charge in [0.2, 0.25) is 5.95 Å². The summed E-state index contributed by atoms with van der Waals surface area (Å²) in [5.41, 5.74) is 1.05. The predicted molar refractivity (Wildman–Crippen MR) is 98.2 cm³/mol. The molecule has 2 aromatic rings. The summed E-state index contributed by atoms with van der Waals surface area (Å²) in [7, 11) is 0. The average molecular weight is 367 g/mol. The quantitative estimate of drug-likeness (QED) is 0.774. The van der Waals surface area contributed by atoms with Crippen LogP contribution in [0.2, 0.25) is 10.0 Å². The van der Waals surface area contributed by atoms with Gasteiger partial charge < -0.3 is 15.4 Å². The molecule has 24 heavy (non-hydrogen) atoms. The summed E-state index contributed by atoms with van der Waals surface area (Å²) in [4.78, 5) is 8.70. The van der Waals surface area contributed by atoms with E-state index in [2.05, 4.69) is 20.6 Å². The summed E-state index contributed by atoms with van der Waals surface area (Å²) in [5, 5.41) is 7.85. The Bertz CT molecular complexity index is 677. The number of nitrogens with one attached hydrogen (secondary N) is 2. The molecule has 1 fully saturated rings. The summed E-state index contributed by atoms with van der Waals surface area (Å²) in [6, 6.07) is 7.40. The largest absolute Gasteiger partial charge is 0.376 e. The zero-order valence-electron chi connectivity index (χ0n) is 13.3. The molecule has 7 heteroatoms. The van der Waals surface area contributed by atoms with Gasteiger partial charge in [-0.25, -0.2) is 4.98 Å². The van der Waals surface area contributed by atoms with Crippen molar-refractivity contribution in [2.24, 2.45) is 0 Å². The van der Waals surface area contributed by atoms with Crippen LogP contribution in [0, 0.1) is 0 Å². The first kappa shape index (κ1) is 17.3.